The summed E-state index contributed by atoms with van der Waals surface area (Å²) in [5.41, 5.74) is 2.00. The topological polar surface area (TPSA) is 95.6 Å². The van der Waals surface area contributed by atoms with E-state index < -0.39 is 15.9 Å². The van der Waals surface area contributed by atoms with Gasteiger partial charge in [-0.25, -0.2) is 13.1 Å². The number of nitrogens with zero attached hydrogens (tertiary/aromatic N) is 1. The first-order valence-electron chi connectivity index (χ1n) is 8.56. The van der Waals surface area contributed by atoms with Crippen molar-refractivity contribution >= 4 is 33.2 Å². The second kappa shape index (κ2) is 8.68. The second-order valence-corrected chi connectivity index (χ2v) is 7.54. The molecule has 0 unspecified atom stereocenters. The van der Waals surface area contributed by atoms with Gasteiger partial charge in [0, 0.05) is 37.0 Å². The van der Waals surface area contributed by atoms with Gasteiger partial charge in [-0.05, 0) is 62.4 Å². The molecule has 0 saturated heterocycles. The normalized spacial score (nSPS) is 10.9. The predicted octanol–water partition coefficient (Wildman–Crippen LogP) is 2.61. The van der Waals surface area contributed by atoms with Gasteiger partial charge in [-0.1, -0.05) is 0 Å². The minimum absolute atomic E-state index is 0.0562. The number of sulfonamides is 1. The highest BCUT2D eigenvalue weighted by Crippen LogP contribution is 2.17. The van der Waals surface area contributed by atoms with E-state index in [0.717, 1.165) is 25.7 Å². The third-order valence-electron chi connectivity index (χ3n) is 3.96. The summed E-state index contributed by atoms with van der Waals surface area (Å²) >= 11 is 0. The highest BCUT2D eigenvalue weighted by molar-refractivity contribution is 7.90. The Morgan fingerprint density at radius 2 is 1.48 bits per heavy atom. The molecular formula is C19H23N3O4S. The van der Waals surface area contributed by atoms with Crippen LogP contribution in [0.1, 0.15) is 31.1 Å². The Labute approximate surface area is 159 Å². The molecule has 0 bridgehead atoms. The van der Waals surface area contributed by atoms with Gasteiger partial charge in [0.2, 0.25) is 5.91 Å². The van der Waals surface area contributed by atoms with Crippen molar-refractivity contribution in [2.45, 2.75) is 25.7 Å². The van der Waals surface area contributed by atoms with Crippen LogP contribution >= 0.6 is 0 Å². The molecule has 0 heterocycles. The van der Waals surface area contributed by atoms with Crippen LogP contribution in [0.3, 0.4) is 0 Å². The Balaban J connectivity index is 2.09. The van der Waals surface area contributed by atoms with Crippen molar-refractivity contribution in [3.63, 3.8) is 0 Å². The Morgan fingerprint density at radius 1 is 0.926 bits per heavy atom. The van der Waals surface area contributed by atoms with Gasteiger partial charge in [0.15, 0.2) is 0 Å². The van der Waals surface area contributed by atoms with Gasteiger partial charge in [0.05, 0.1) is 4.90 Å². The average molecular weight is 389 g/mol. The summed E-state index contributed by atoms with van der Waals surface area (Å²) in [6.07, 6.45) is 0. The number of hydrogen-bond acceptors (Lipinski definition) is 5. The molecule has 0 fully saturated rings. The fourth-order valence-electron chi connectivity index (χ4n) is 2.58. The number of benzene rings is 2. The van der Waals surface area contributed by atoms with Crippen LogP contribution in [-0.4, -0.2) is 33.3 Å². The molecule has 27 heavy (non-hydrogen) atoms. The maximum absolute atomic E-state index is 12.4. The molecule has 0 radical (unpaired) electrons. The molecule has 0 aliphatic heterocycles. The maximum Gasteiger partial charge on any atom is 0.264 e. The minimum Gasteiger partial charge on any atom is -0.372 e. The quantitative estimate of drug-likeness (QED) is 0.759. The van der Waals surface area contributed by atoms with Crippen LogP contribution in [0.2, 0.25) is 0 Å². The number of rotatable bonds is 7. The van der Waals surface area contributed by atoms with E-state index in [1.807, 2.05) is 16.9 Å². The van der Waals surface area contributed by atoms with E-state index in [-0.39, 0.29) is 10.8 Å². The van der Waals surface area contributed by atoms with E-state index in [1.54, 1.807) is 12.1 Å². The molecular weight excluding hydrogens is 366 g/mol. The smallest absolute Gasteiger partial charge is 0.264 e. The first-order valence-corrected chi connectivity index (χ1v) is 10.0. The number of carbonyl (C=O) groups excluding carboxylic acids is 2. The van der Waals surface area contributed by atoms with Gasteiger partial charge in [-0.2, -0.15) is 0 Å². The maximum atomic E-state index is 12.4. The standard InChI is InChI=1S/C19H23N3O4S/c1-4-22(5-2)17-10-6-15(7-11-17)19(24)20-16-8-12-18(13-9-16)27(25,26)21-14(3)23/h6-13H,4-5H2,1-3H3,(H,20,24)(H,21,23). The molecule has 0 aromatic heterocycles. The Bertz CT molecular complexity index is 903. The molecule has 0 aliphatic carbocycles. The van der Waals surface area contributed by atoms with Gasteiger partial charge in [-0.3, -0.25) is 9.59 Å². The van der Waals surface area contributed by atoms with Gasteiger partial charge in [0.25, 0.3) is 15.9 Å². The Morgan fingerprint density at radius 3 is 1.96 bits per heavy atom. The van der Waals surface area contributed by atoms with Crippen LogP contribution in [0.25, 0.3) is 0 Å². The van der Waals surface area contributed by atoms with Crippen molar-refractivity contribution in [3.05, 3.63) is 54.1 Å². The van der Waals surface area contributed by atoms with Crippen molar-refractivity contribution in [3.8, 4) is 0 Å². The molecule has 144 valence electrons. The van der Waals surface area contributed by atoms with Gasteiger partial charge < -0.3 is 10.2 Å². The molecule has 7 nitrogen and oxygen atoms in total. The number of carbonyl (C=O) groups is 2. The first-order chi connectivity index (χ1) is 12.8. The zero-order valence-electron chi connectivity index (χ0n) is 15.5. The van der Waals surface area contributed by atoms with Crippen LogP contribution in [0.4, 0.5) is 11.4 Å². The SMILES string of the molecule is CCN(CC)c1ccc(C(=O)Nc2ccc(S(=O)(=O)NC(C)=O)cc2)cc1. The molecule has 2 rings (SSSR count). The molecule has 2 aromatic carbocycles. The molecule has 0 saturated carbocycles. The van der Waals surface area contributed by atoms with Crippen molar-refractivity contribution in [1.82, 2.24) is 4.72 Å². The van der Waals surface area contributed by atoms with Crippen molar-refractivity contribution in [2.24, 2.45) is 0 Å². The lowest BCUT2D eigenvalue weighted by atomic mass is 10.1. The number of amides is 2. The fraction of sp³-hybridized carbons (Fsp3) is 0.263. The molecule has 0 atom stereocenters. The monoisotopic (exact) mass is 389 g/mol. The van der Waals surface area contributed by atoms with E-state index in [4.69, 9.17) is 0 Å². The summed E-state index contributed by atoms with van der Waals surface area (Å²) in [5, 5.41) is 2.72. The van der Waals surface area contributed by atoms with Crippen LogP contribution < -0.4 is 14.9 Å². The van der Waals surface area contributed by atoms with E-state index in [2.05, 4.69) is 24.1 Å². The molecule has 0 aliphatic rings. The molecule has 2 N–H and O–H groups in total. The zero-order valence-corrected chi connectivity index (χ0v) is 16.3. The van der Waals surface area contributed by atoms with Gasteiger partial charge in [-0.15, -0.1) is 0 Å². The van der Waals surface area contributed by atoms with Crippen LogP contribution in [0.15, 0.2) is 53.4 Å². The number of nitrogens with one attached hydrogen (secondary N) is 2. The van der Waals surface area contributed by atoms with Crippen molar-refractivity contribution in [1.29, 1.82) is 0 Å². The van der Waals surface area contributed by atoms with Crippen LogP contribution in [0.5, 0.6) is 0 Å². The van der Waals surface area contributed by atoms with E-state index in [0.29, 0.717) is 11.3 Å². The largest absolute Gasteiger partial charge is 0.372 e. The first kappa shape index (κ1) is 20.4. The van der Waals surface area contributed by atoms with Crippen molar-refractivity contribution < 1.29 is 18.0 Å². The van der Waals surface area contributed by atoms with Crippen molar-refractivity contribution in [2.75, 3.05) is 23.3 Å². The fourth-order valence-corrected chi connectivity index (χ4v) is 3.57. The molecule has 2 amide bonds. The lowest BCUT2D eigenvalue weighted by Gasteiger charge is -2.21. The molecule has 8 heteroatoms. The summed E-state index contributed by atoms with van der Waals surface area (Å²) in [4.78, 5) is 25.4. The average Bonchev–Trinajstić information content (AvgIpc) is 2.62. The Hall–Kier alpha value is -2.87. The second-order valence-electron chi connectivity index (χ2n) is 5.86. The van der Waals surface area contributed by atoms with Gasteiger partial charge >= 0.3 is 0 Å². The summed E-state index contributed by atoms with van der Waals surface area (Å²) in [6.45, 7) is 7.03. The lowest BCUT2D eigenvalue weighted by molar-refractivity contribution is -0.117. The predicted molar refractivity (Wildman–Crippen MR) is 105 cm³/mol. The van der Waals surface area contributed by atoms with Gasteiger partial charge in [0.1, 0.15) is 0 Å². The number of anilines is 2. The lowest BCUT2D eigenvalue weighted by Crippen LogP contribution is -2.28. The third kappa shape index (κ3) is 5.30. The van der Waals surface area contributed by atoms with E-state index >= 15 is 0 Å². The summed E-state index contributed by atoms with van der Waals surface area (Å²) in [7, 11) is -3.89. The summed E-state index contributed by atoms with van der Waals surface area (Å²) in [6, 6.07) is 12.9. The summed E-state index contributed by atoms with van der Waals surface area (Å²) in [5.74, 6) is -0.959. The Kier molecular flexibility index (Phi) is 6.57. The number of hydrogen-bond donors (Lipinski definition) is 2. The molecule has 2 aromatic rings. The minimum atomic E-state index is -3.89. The molecule has 0 spiro atoms. The van der Waals surface area contributed by atoms with E-state index in [9.17, 15) is 18.0 Å². The zero-order chi connectivity index (χ0) is 20.0. The third-order valence-corrected chi connectivity index (χ3v) is 5.41. The highest BCUT2D eigenvalue weighted by atomic mass is 32.2. The van der Waals surface area contributed by atoms with Crippen LogP contribution in [0, 0.1) is 0 Å². The van der Waals surface area contributed by atoms with E-state index in [1.165, 1.54) is 24.3 Å². The van der Waals surface area contributed by atoms with Crippen LogP contribution in [-0.2, 0) is 14.8 Å². The summed E-state index contributed by atoms with van der Waals surface area (Å²) < 4.78 is 25.7. The highest BCUT2D eigenvalue weighted by Gasteiger charge is 2.15.